The van der Waals surface area contributed by atoms with Gasteiger partial charge in [-0.3, -0.25) is 4.79 Å². The van der Waals surface area contributed by atoms with Gasteiger partial charge in [-0.1, -0.05) is 0 Å². The molecule has 11 heteroatoms. The molecule has 0 aliphatic rings. The van der Waals surface area contributed by atoms with Crippen molar-refractivity contribution >= 4 is 5.97 Å². The monoisotopic (exact) mass is 483 g/mol. The Balaban J connectivity index is 3.03. The predicted octanol–water partition coefficient (Wildman–Crippen LogP) is 0.292. The van der Waals surface area contributed by atoms with Gasteiger partial charge < -0.3 is 47.9 Å². The molecule has 0 fully saturated rings. The summed E-state index contributed by atoms with van der Waals surface area (Å²) in [4.78, 5) is 11.1. The quantitative estimate of drug-likeness (QED) is 0.122. The molecule has 33 heavy (non-hydrogen) atoms. The second kappa shape index (κ2) is 29.1. The lowest BCUT2D eigenvalue weighted by atomic mass is 10.5. The molecule has 0 aromatic rings. The van der Waals surface area contributed by atoms with Crippen molar-refractivity contribution in [2.45, 2.75) is 13.3 Å². The Morgan fingerprint density at radius 2 is 0.818 bits per heavy atom. The minimum absolute atomic E-state index is 0.246. The van der Waals surface area contributed by atoms with E-state index in [1.807, 2.05) is 7.05 Å². The van der Waals surface area contributed by atoms with Crippen LogP contribution >= 0.6 is 0 Å². The lowest BCUT2D eigenvalue weighted by Gasteiger charge is -2.08. The van der Waals surface area contributed by atoms with Crippen molar-refractivity contribution in [1.82, 2.24) is 5.32 Å². The van der Waals surface area contributed by atoms with Gasteiger partial charge in [0.25, 0.3) is 0 Å². The Morgan fingerprint density at radius 1 is 0.515 bits per heavy atom. The number of ether oxygens (including phenoxy) is 9. The highest BCUT2D eigenvalue weighted by Crippen LogP contribution is 1.89. The molecule has 0 aliphatic carbocycles. The first kappa shape index (κ1) is 32.1. The van der Waals surface area contributed by atoms with Crippen molar-refractivity contribution in [3.63, 3.8) is 0 Å². The molecule has 0 heterocycles. The second-order valence-corrected chi connectivity index (χ2v) is 6.56. The molecule has 1 N–H and O–H groups in total. The molecule has 0 saturated carbocycles. The minimum Gasteiger partial charge on any atom is -0.466 e. The van der Waals surface area contributed by atoms with Gasteiger partial charge in [-0.05, 0) is 14.0 Å². The maximum absolute atomic E-state index is 11.1. The summed E-state index contributed by atoms with van der Waals surface area (Å²) in [5.74, 6) is -0.246. The van der Waals surface area contributed by atoms with E-state index in [-0.39, 0.29) is 12.4 Å². The summed E-state index contributed by atoms with van der Waals surface area (Å²) in [6, 6.07) is 0. The summed E-state index contributed by atoms with van der Waals surface area (Å²) in [7, 11) is 1.89. The third-order valence-electron chi connectivity index (χ3n) is 3.86. The first-order chi connectivity index (χ1) is 16.3. The highest BCUT2D eigenvalue weighted by Gasteiger charge is 2.00. The van der Waals surface area contributed by atoms with E-state index in [0.717, 1.165) is 6.54 Å². The molecule has 0 aromatic carbocycles. The van der Waals surface area contributed by atoms with Crippen molar-refractivity contribution in [2.75, 3.05) is 126 Å². The van der Waals surface area contributed by atoms with Crippen LogP contribution in [-0.4, -0.2) is 132 Å². The Labute approximate surface area is 198 Å². The smallest absolute Gasteiger partial charge is 0.308 e. The van der Waals surface area contributed by atoms with E-state index in [4.69, 9.17) is 42.6 Å². The first-order valence-electron chi connectivity index (χ1n) is 11.7. The number of hydrogen-bond acceptors (Lipinski definition) is 11. The topological polar surface area (TPSA) is 112 Å². The Bertz CT molecular complexity index is 390. The Kier molecular flexibility index (Phi) is 28.4. The number of likely N-dealkylation sites (N-methyl/N-ethyl adjacent to an activating group) is 1. The summed E-state index contributed by atoms with van der Waals surface area (Å²) in [5.41, 5.74) is 0. The molecule has 0 rings (SSSR count). The molecule has 0 amide bonds. The first-order valence-corrected chi connectivity index (χ1v) is 11.7. The molecule has 0 bridgehead atoms. The normalized spacial score (nSPS) is 11.2. The third-order valence-corrected chi connectivity index (χ3v) is 3.86. The zero-order valence-electron chi connectivity index (χ0n) is 20.5. The van der Waals surface area contributed by atoms with Crippen LogP contribution in [0.5, 0.6) is 0 Å². The summed E-state index contributed by atoms with van der Waals surface area (Å²) in [5, 5.41) is 3.01. The average molecular weight is 484 g/mol. The van der Waals surface area contributed by atoms with Gasteiger partial charge in [0.15, 0.2) is 0 Å². The maximum atomic E-state index is 11.1. The van der Waals surface area contributed by atoms with Gasteiger partial charge in [-0.25, -0.2) is 0 Å². The fourth-order valence-electron chi connectivity index (χ4n) is 2.20. The van der Waals surface area contributed by atoms with E-state index >= 15 is 0 Å². The molecule has 0 aliphatic heterocycles. The van der Waals surface area contributed by atoms with E-state index in [1.54, 1.807) is 6.92 Å². The van der Waals surface area contributed by atoms with E-state index in [9.17, 15) is 4.79 Å². The molecule has 0 unspecified atom stereocenters. The minimum atomic E-state index is -0.246. The van der Waals surface area contributed by atoms with Crippen LogP contribution in [0.25, 0.3) is 0 Å². The molecular weight excluding hydrogens is 438 g/mol. The number of hydrogen-bond donors (Lipinski definition) is 1. The lowest BCUT2D eigenvalue weighted by Crippen LogP contribution is -2.17. The summed E-state index contributed by atoms with van der Waals surface area (Å²) in [6.07, 6.45) is 0.264. The van der Waals surface area contributed by atoms with E-state index in [1.165, 1.54) is 0 Å². The Hall–Kier alpha value is -0.890. The molecule has 0 spiro atoms. The molecule has 0 atom stereocenters. The summed E-state index contributed by atoms with van der Waals surface area (Å²) < 4.78 is 47.9. The number of carbonyl (C=O) groups is 1. The van der Waals surface area contributed by atoms with Crippen molar-refractivity contribution in [3.8, 4) is 0 Å². The third kappa shape index (κ3) is 29.1. The second-order valence-electron chi connectivity index (χ2n) is 6.56. The van der Waals surface area contributed by atoms with E-state index < -0.39 is 0 Å². The molecule has 11 nitrogen and oxygen atoms in total. The van der Waals surface area contributed by atoms with Crippen LogP contribution in [-0.2, 0) is 47.4 Å². The van der Waals surface area contributed by atoms with Gasteiger partial charge in [-0.15, -0.1) is 0 Å². The van der Waals surface area contributed by atoms with Crippen LogP contribution < -0.4 is 5.32 Å². The van der Waals surface area contributed by atoms with Gasteiger partial charge in [0.1, 0.15) is 0 Å². The number of esters is 1. The van der Waals surface area contributed by atoms with Gasteiger partial charge in [-0.2, -0.15) is 0 Å². The van der Waals surface area contributed by atoms with Crippen LogP contribution in [0.2, 0.25) is 0 Å². The van der Waals surface area contributed by atoms with Gasteiger partial charge in [0.05, 0.1) is 119 Å². The largest absolute Gasteiger partial charge is 0.466 e. The number of carbonyl (C=O) groups excluding carboxylic acids is 1. The molecule has 0 aromatic heterocycles. The molecule has 198 valence electrons. The van der Waals surface area contributed by atoms with Gasteiger partial charge in [0.2, 0.25) is 0 Å². The number of rotatable bonds is 28. The summed E-state index contributed by atoms with van der Waals surface area (Å²) in [6.45, 7) is 11.3. The van der Waals surface area contributed by atoms with Gasteiger partial charge in [0, 0.05) is 6.54 Å². The van der Waals surface area contributed by atoms with Crippen LogP contribution in [0.1, 0.15) is 13.3 Å². The van der Waals surface area contributed by atoms with Crippen LogP contribution in [0.15, 0.2) is 0 Å². The van der Waals surface area contributed by atoms with Crippen molar-refractivity contribution in [1.29, 1.82) is 0 Å². The van der Waals surface area contributed by atoms with Crippen molar-refractivity contribution in [3.05, 3.63) is 0 Å². The van der Waals surface area contributed by atoms with Crippen LogP contribution in [0, 0.1) is 0 Å². The Morgan fingerprint density at radius 3 is 1.12 bits per heavy atom. The SMILES string of the molecule is CCOC(=O)CCOCCOCCOCCOCCOCCOCCOCCOCCNC. The lowest BCUT2D eigenvalue weighted by molar-refractivity contribution is -0.144. The zero-order valence-corrected chi connectivity index (χ0v) is 20.5. The highest BCUT2D eigenvalue weighted by molar-refractivity contribution is 5.69. The predicted molar refractivity (Wildman–Crippen MR) is 122 cm³/mol. The molecule has 0 saturated heterocycles. The fourth-order valence-corrected chi connectivity index (χ4v) is 2.20. The van der Waals surface area contributed by atoms with E-state index in [2.05, 4.69) is 5.32 Å². The van der Waals surface area contributed by atoms with Crippen molar-refractivity contribution in [2.24, 2.45) is 0 Å². The average Bonchev–Trinajstić information content (AvgIpc) is 2.81. The molecular formula is C22H45NO10. The van der Waals surface area contributed by atoms with Crippen LogP contribution in [0.3, 0.4) is 0 Å². The highest BCUT2D eigenvalue weighted by atomic mass is 16.6. The molecule has 0 radical (unpaired) electrons. The van der Waals surface area contributed by atoms with E-state index in [0.29, 0.717) is 112 Å². The van der Waals surface area contributed by atoms with Crippen molar-refractivity contribution < 1.29 is 47.4 Å². The summed E-state index contributed by atoms with van der Waals surface area (Å²) >= 11 is 0. The zero-order chi connectivity index (χ0) is 24.1. The van der Waals surface area contributed by atoms with Crippen LogP contribution in [0.4, 0.5) is 0 Å². The number of nitrogens with one attached hydrogen (secondary N) is 1. The standard InChI is InChI=1S/C22H45NO10/c1-3-33-22(24)4-6-25-8-10-27-12-14-29-16-18-31-20-21-32-19-17-30-15-13-28-11-9-26-7-5-23-2/h23H,3-21H2,1-2H3. The van der Waals surface area contributed by atoms with Gasteiger partial charge >= 0.3 is 5.97 Å². The fraction of sp³-hybridized carbons (Fsp3) is 0.955. The maximum Gasteiger partial charge on any atom is 0.308 e.